The van der Waals surface area contributed by atoms with Crippen molar-refractivity contribution in [3.63, 3.8) is 0 Å². The number of hydrogen-bond acceptors (Lipinski definition) is 3. The molecule has 0 amide bonds. The van der Waals surface area contributed by atoms with Crippen LogP contribution in [0.1, 0.15) is 105 Å². The van der Waals surface area contributed by atoms with E-state index in [4.69, 9.17) is 4.74 Å². The Morgan fingerprint density at radius 1 is 0.939 bits per heavy atom. The third-order valence-electron chi connectivity index (χ3n) is 12.1. The average molecular weight is 460 g/mol. The van der Waals surface area contributed by atoms with E-state index in [2.05, 4.69) is 53.6 Å². The third kappa shape index (κ3) is 3.52. The second kappa shape index (κ2) is 8.20. The van der Waals surface area contributed by atoms with E-state index in [0.29, 0.717) is 5.41 Å². The number of aliphatic hydroxyl groups is 1. The van der Waals surface area contributed by atoms with Gasteiger partial charge in [0.2, 0.25) is 0 Å². The Bertz CT molecular complexity index is 737. The molecule has 1 spiro atoms. The maximum atomic E-state index is 10.7. The van der Waals surface area contributed by atoms with Crippen molar-refractivity contribution in [3.05, 3.63) is 0 Å². The largest absolute Gasteiger partial charge is 0.393 e. The summed E-state index contributed by atoms with van der Waals surface area (Å²) in [7, 11) is 4.42. The number of epoxide rings is 1. The summed E-state index contributed by atoms with van der Waals surface area (Å²) < 4.78 is 6.96. The van der Waals surface area contributed by atoms with Gasteiger partial charge in [-0.25, -0.2) is 0 Å². The molecule has 190 valence electrons. The van der Waals surface area contributed by atoms with Crippen LogP contribution in [0.25, 0.3) is 0 Å². The summed E-state index contributed by atoms with van der Waals surface area (Å²) >= 11 is 0. The molecule has 1 N–H and O–H groups in total. The summed E-state index contributed by atoms with van der Waals surface area (Å²) in [4.78, 5) is 2.35. The molecule has 0 bridgehead atoms. The van der Waals surface area contributed by atoms with Crippen molar-refractivity contribution in [2.75, 3.05) is 20.6 Å². The van der Waals surface area contributed by atoms with Gasteiger partial charge in [-0.05, 0) is 100.0 Å². The number of nitrogens with zero attached hydrogens (tertiary/aromatic N) is 1. The quantitative estimate of drug-likeness (QED) is 0.440. The summed E-state index contributed by atoms with van der Waals surface area (Å²) in [5.74, 6) is 5.09. The predicted molar refractivity (Wildman–Crippen MR) is 136 cm³/mol. The minimum atomic E-state index is -0.171. The van der Waals surface area contributed by atoms with Gasteiger partial charge in [-0.15, -0.1) is 0 Å². The van der Waals surface area contributed by atoms with Crippen molar-refractivity contribution in [2.24, 2.45) is 46.3 Å². The van der Waals surface area contributed by atoms with Crippen LogP contribution in [-0.4, -0.2) is 48.0 Å². The zero-order valence-electron chi connectivity index (χ0n) is 22.8. The van der Waals surface area contributed by atoms with Gasteiger partial charge in [0.1, 0.15) is 11.2 Å². The summed E-state index contributed by atoms with van der Waals surface area (Å²) in [5, 5.41) is 10.7. The molecule has 5 fully saturated rings. The highest BCUT2D eigenvalue weighted by atomic mass is 16.6. The van der Waals surface area contributed by atoms with Gasteiger partial charge < -0.3 is 14.7 Å². The molecule has 1 aliphatic heterocycles. The Hall–Kier alpha value is -0.120. The molecule has 5 aliphatic rings. The summed E-state index contributed by atoms with van der Waals surface area (Å²) in [5.41, 5.74) is 0.677. The average Bonchev–Trinajstić information content (AvgIpc) is 3.17. The first-order chi connectivity index (χ1) is 15.5. The van der Waals surface area contributed by atoms with Gasteiger partial charge in [0.05, 0.1) is 6.10 Å². The fourth-order valence-corrected chi connectivity index (χ4v) is 10.7. The lowest BCUT2D eigenvalue weighted by atomic mass is 9.42. The lowest BCUT2D eigenvalue weighted by molar-refractivity contribution is -0.123. The van der Waals surface area contributed by atoms with Gasteiger partial charge >= 0.3 is 0 Å². The Balaban J connectivity index is 1.40. The zero-order chi connectivity index (χ0) is 23.8. The smallest absolute Gasteiger partial charge is 0.111 e. The van der Waals surface area contributed by atoms with Crippen LogP contribution in [-0.2, 0) is 4.74 Å². The Morgan fingerprint density at radius 2 is 1.70 bits per heavy atom. The maximum Gasteiger partial charge on any atom is 0.111 e. The van der Waals surface area contributed by atoms with Gasteiger partial charge in [0.15, 0.2) is 0 Å². The molecule has 0 aromatic rings. The van der Waals surface area contributed by atoms with E-state index in [9.17, 15) is 5.11 Å². The molecule has 10 atom stereocenters. The van der Waals surface area contributed by atoms with E-state index in [1.165, 1.54) is 51.4 Å². The van der Waals surface area contributed by atoms with E-state index >= 15 is 0 Å². The second-order valence-corrected chi connectivity index (χ2v) is 14.6. The summed E-state index contributed by atoms with van der Waals surface area (Å²) in [6.45, 7) is 13.6. The molecule has 0 radical (unpaired) electrons. The molecule has 0 aromatic carbocycles. The number of rotatable bonds is 7. The van der Waals surface area contributed by atoms with Crippen LogP contribution >= 0.6 is 0 Å². The Kier molecular flexibility index (Phi) is 6.11. The van der Waals surface area contributed by atoms with Crippen LogP contribution in [0.4, 0.5) is 0 Å². The highest BCUT2D eigenvalue weighted by Gasteiger charge is 2.83. The van der Waals surface area contributed by atoms with E-state index in [0.717, 1.165) is 61.3 Å². The van der Waals surface area contributed by atoms with E-state index in [-0.39, 0.29) is 22.7 Å². The molecule has 1 heterocycles. The van der Waals surface area contributed by atoms with Crippen molar-refractivity contribution in [1.29, 1.82) is 0 Å². The van der Waals surface area contributed by atoms with Crippen molar-refractivity contribution in [3.8, 4) is 0 Å². The standard InChI is InChI=1S/C30H53NO2/c1-20(2)9-8-10-21(3)24-11-12-25-23-18-29(19-31(6)7)30(33-29)17-22(32)13-16-28(30,5)26(23)14-15-27(24,25)4/h20-26,32H,8-19H2,1-7H3/t21-,22?,23+,24-,25+,26+,27-,28-,29?,30?/m1/s1. The van der Waals surface area contributed by atoms with Crippen LogP contribution < -0.4 is 0 Å². The lowest BCUT2D eigenvalue weighted by Gasteiger charge is -2.61. The minimum absolute atomic E-state index is 0.0208. The monoisotopic (exact) mass is 459 g/mol. The first kappa shape index (κ1) is 24.6. The molecule has 5 rings (SSSR count). The molecule has 3 unspecified atom stereocenters. The molecular weight excluding hydrogens is 406 g/mol. The molecule has 3 nitrogen and oxygen atoms in total. The fraction of sp³-hybridized carbons (Fsp3) is 1.00. The topological polar surface area (TPSA) is 36.0 Å². The van der Waals surface area contributed by atoms with Crippen LogP contribution in [0.15, 0.2) is 0 Å². The first-order valence-electron chi connectivity index (χ1n) is 14.5. The number of fused-ring (bicyclic) bond motifs is 4. The highest BCUT2D eigenvalue weighted by molar-refractivity contribution is 5.31. The minimum Gasteiger partial charge on any atom is -0.393 e. The maximum absolute atomic E-state index is 10.7. The highest BCUT2D eigenvalue weighted by Crippen LogP contribution is 2.78. The molecule has 1 saturated heterocycles. The van der Waals surface area contributed by atoms with Crippen LogP contribution in [0, 0.1) is 46.3 Å². The van der Waals surface area contributed by atoms with Crippen molar-refractivity contribution < 1.29 is 9.84 Å². The number of hydrogen-bond donors (Lipinski definition) is 1. The summed E-state index contributed by atoms with van der Waals surface area (Å²) in [6, 6.07) is 0. The van der Waals surface area contributed by atoms with Crippen molar-refractivity contribution in [2.45, 2.75) is 123 Å². The third-order valence-corrected chi connectivity index (χ3v) is 12.1. The van der Waals surface area contributed by atoms with E-state index in [1.807, 2.05) is 0 Å². The van der Waals surface area contributed by atoms with Gasteiger partial charge in [-0.3, -0.25) is 0 Å². The van der Waals surface area contributed by atoms with Gasteiger partial charge in [0.25, 0.3) is 0 Å². The number of ether oxygens (including phenoxy) is 1. The number of likely N-dealkylation sites (N-methyl/N-ethyl adjacent to an activating group) is 1. The Labute approximate surface area is 204 Å². The fourth-order valence-electron chi connectivity index (χ4n) is 10.7. The van der Waals surface area contributed by atoms with Gasteiger partial charge in [-0.2, -0.15) is 0 Å². The number of aliphatic hydroxyl groups excluding tert-OH is 1. The van der Waals surface area contributed by atoms with Crippen molar-refractivity contribution >= 4 is 0 Å². The second-order valence-electron chi connectivity index (χ2n) is 14.6. The molecule has 0 aromatic heterocycles. The molecule has 3 heteroatoms. The van der Waals surface area contributed by atoms with Crippen molar-refractivity contribution in [1.82, 2.24) is 4.90 Å². The molecule has 4 aliphatic carbocycles. The van der Waals surface area contributed by atoms with E-state index < -0.39 is 0 Å². The molecule has 4 saturated carbocycles. The normalized spacial score (nSPS) is 51.6. The predicted octanol–water partition coefficient (Wildman–Crippen LogP) is 6.53. The van der Waals surface area contributed by atoms with Crippen LogP contribution in [0.5, 0.6) is 0 Å². The lowest BCUT2D eigenvalue weighted by Crippen LogP contribution is -2.62. The molecular formula is C30H53NO2. The first-order valence-corrected chi connectivity index (χ1v) is 14.5. The summed E-state index contributed by atoms with van der Waals surface area (Å²) in [6.07, 6.45) is 14.0. The molecule has 33 heavy (non-hydrogen) atoms. The SMILES string of the molecule is CC(C)CCC[C@@H](C)[C@H]1CC[C@H]2[C@@H]3CC4(CN(C)C)OC45CC(O)CC[C@]5(C)[C@H]3CC[C@]12C. The van der Waals surface area contributed by atoms with Gasteiger partial charge in [-0.1, -0.05) is 53.9 Å². The van der Waals surface area contributed by atoms with E-state index in [1.54, 1.807) is 0 Å². The van der Waals surface area contributed by atoms with Crippen LogP contribution in [0.2, 0.25) is 0 Å². The Morgan fingerprint density at radius 3 is 2.39 bits per heavy atom. The van der Waals surface area contributed by atoms with Gasteiger partial charge in [0, 0.05) is 18.4 Å². The van der Waals surface area contributed by atoms with Crippen LogP contribution in [0.3, 0.4) is 0 Å². The zero-order valence-corrected chi connectivity index (χ0v) is 22.8.